The minimum atomic E-state index is -0.350. The van der Waals surface area contributed by atoms with Gasteiger partial charge in [0.1, 0.15) is 5.82 Å². The highest BCUT2D eigenvalue weighted by molar-refractivity contribution is 7.22. The van der Waals surface area contributed by atoms with Gasteiger partial charge >= 0.3 is 0 Å². The Balaban J connectivity index is 1.96. The molecular formula is C21H24FN3OS. The van der Waals surface area contributed by atoms with Gasteiger partial charge in [-0.25, -0.2) is 9.37 Å². The van der Waals surface area contributed by atoms with Crippen LogP contribution in [0.3, 0.4) is 0 Å². The van der Waals surface area contributed by atoms with Gasteiger partial charge in [0.05, 0.1) is 10.2 Å². The topological polar surface area (TPSA) is 36.4 Å². The fourth-order valence-electron chi connectivity index (χ4n) is 3.00. The number of rotatable bonds is 7. The second-order valence-electron chi connectivity index (χ2n) is 6.41. The fraction of sp³-hybridized carbons (Fsp3) is 0.333. The van der Waals surface area contributed by atoms with Crippen LogP contribution in [0.25, 0.3) is 10.2 Å². The Morgan fingerprint density at radius 2 is 1.78 bits per heavy atom. The molecule has 0 bridgehead atoms. The molecule has 0 aliphatic rings. The van der Waals surface area contributed by atoms with Crippen molar-refractivity contribution in [2.24, 2.45) is 0 Å². The molecule has 6 heteroatoms. The number of amides is 1. The highest BCUT2D eigenvalue weighted by Gasteiger charge is 2.22. The average Bonchev–Trinajstić information content (AvgIpc) is 3.11. The molecular weight excluding hydrogens is 361 g/mol. The SMILES string of the molecule is CCN(CC)CCN(C(=O)c1ccc(F)cc1)c1nc2c(C)cccc2s1. The second kappa shape index (κ2) is 8.59. The van der Waals surface area contributed by atoms with Crippen LogP contribution >= 0.6 is 11.3 Å². The van der Waals surface area contributed by atoms with Crippen molar-refractivity contribution in [3.63, 3.8) is 0 Å². The standard InChI is InChI=1S/C21H24FN3OS/c1-4-24(5-2)13-14-25(20(26)16-9-11-17(22)12-10-16)21-23-19-15(3)7-6-8-18(19)27-21/h6-12H,4-5,13-14H2,1-3H3. The predicted octanol–water partition coefficient (Wildman–Crippen LogP) is 4.73. The van der Waals surface area contributed by atoms with Crippen molar-refractivity contribution in [2.75, 3.05) is 31.1 Å². The summed E-state index contributed by atoms with van der Waals surface area (Å²) in [6.07, 6.45) is 0. The Bertz CT molecular complexity index is 919. The molecule has 1 amide bonds. The zero-order chi connectivity index (χ0) is 19.4. The number of likely N-dealkylation sites (N-methyl/N-ethyl adjacent to an activating group) is 1. The Kier molecular flexibility index (Phi) is 6.19. The minimum Gasteiger partial charge on any atom is -0.302 e. The number of anilines is 1. The van der Waals surface area contributed by atoms with Crippen molar-refractivity contribution < 1.29 is 9.18 Å². The van der Waals surface area contributed by atoms with Crippen LogP contribution in [0.1, 0.15) is 29.8 Å². The Labute approximate surface area is 163 Å². The van der Waals surface area contributed by atoms with Crippen molar-refractivity contribution in [3.05, 3.63) is 59.4 Å². The maximum Gasteiger partial charge on any atom is 0.260 e. The van der Waals surface area contributed by atoms with Crippen molar-refractivity contribution >= 4 is 32.6 Å². The van der Waals surface area contributed by atoms with Crippen LogP contribution in [0.15, 0.2) is 42.5 Å². The molecule has 142 valence electrons. The third kappa shape index (κ3) is 4.34. The van der Waals surface area contributed by atoms with Gasteiger partial charge in [0.15, 0.2) is 5.13 Å². The van der Waals surface area contributed by atoms with Crippen LogP contribution < -0.4 is 4.90 Å². The van der Waals surface area contributed by atoms with Gasteiger partial charge in [0.25, 0.3) is 5.91 Å². The lowest BCUT2D eigenvalue weighted by molar-refractivity contribution is 0.0983. The predicted molar refractivity (Wildman–Crippen MR) is 110 cm³/mol. The lowest BCUT2D eigenvalue weighted by Crippen LogP contribution is -2.38. The number of benzene rings is 2. The van der Waals surface area contributed by atoms with E-state index in [0.29, 0.717) is 17.2 Å². The van der Waals surface area contributed by atoms with Gasteiger partial charge in [0, 0.05) is 18.7 Å². The maximum absolute atomic E-state index is 13.3. The number of thiazole rings is 1. The normalized spacial score (nSPS) is 11.3. The monoisotopic (exact) mass is 385 g/mol. The van der Waals surface area contributed by atoms with E-state index in [-0.39, 0.29) is 11.7 Å². The van der Waals surface area contributed by atoms with E-state index < -0.39 is 0 Å². The molecule has 0 atom stereocenters. The molecule has 0 N–H and O–H groups in total. The number of fused-ring (bicyclic) bond motifs is 1. The zero-order valence-corrected chi connectivity index (χ0v) is 16.7. The highest BCUT2D eigenvalue weighted by atomic mass is 32.1. The summed E-state index contributed by atoms with van der Waals surface area (Å²) in [5, 5.41) is 0.681. The van der Waals surface area contributed by atoms with Crippen molar-refractivity contribution in [1.29, 1.82) is 0 Å². The van der Waals surface area contributed by atoms with E-state index in [1.54, 1.807) is 4.90 Å². The summed E-state index contributed by atoms with van der Waals surface area (Å²) in [6.45, 7) is 9.38. The minimum absolute atomic E-state index is 0.154. The first kappa shape index (κ1) is 19.5. The van der Waals surface area contributed by atoms with E-state index in [1.807, 2.05) is 25.1 Å². The van der Waals surface area contributed by atoms with Crippen LogP contribution in [0.2, 0.25) is 0 Å². The third-order valence-corrected chi connectivity index (χ3v) is 5.75. The molecule has 1 heterocycles. The molecule has 4 nitrogen and oxygen atoms in total. The Hall–Kier alpha value is -2.31. The van der Waals surface area contributed by atoms with Crippen LogP contribution in [0, 0.1) is 12.7 Å². The smallest absolute Gasteiger partial charge is 0.260 e. The number of aromatic nitrogens is 1. The van der Waals surface area contributed by atoms with Crippen LogP contribution in [0.4, 0.5) is 9.52 Å². The number of carbonyl (C=O) groups is 1. The van der Waals surface area contributed by atoms with Crippen molar-refractivity contribution in [3.8, 4) is 0 Å². The van der Waals surface area contributed by atoms with Gasteiger partial charge in [0.2, 0.25) is 0 Å². The number of halogens is 1. The zero-order valence-electron chi connectivity index (χ0n) is 15.9. The van der Waals surface area contributed by atoms with E-state index in [0.717, 1.165) is 35.4 Å². The number of aryl methyl sites for hydroxylation is 1. The molecule has 0 saturated heterocycles. The maximum atomic E-state index is 13.3. The van der Waals surface area contributed by atoms with E-state index in [2.05, 4.69) is 18.7 Å². The molecule has 3 rings (SSSR count). The van der Waals surface area contributed by atoms with Crippen LogP contribution in [-0.2, 0) is 0 Å². The summed E-state index contributed by atoms with van der Waals surface area (Å²) in [5.74, 6) is -0.504. The molecule has 0 aliphatic heterocycles. The van der Waals surface area contributed by atoms with Crippen LogP contribution in [0.5, 0.6) is 0 Å². The van der Waals surface area contributed by atoms with Gasteiger partial charge in [-0.05, 0) is 55.9 Å². The summed E-state index contributed by atoms with van der Waals surface area (Å²) in [5.41, 5.74) is 2.48. The Morgan fingerprint density at radius 3 is 2.41 bits per heavy atom. The largest absolute Gasteiger partial charge is 0.302 e. The summed E-state index contributed by atoms with van der Waals surface area (Å²) in [7, 11) is 0. The van der Waals surface area contributed by atoms with Crippen LogP contribution in [-0.4, -0.2) is 42.0 Å². The molecule has 27 heavy (non-hydrogen) atoms. The third-order valence-electron chi connectivity index (χ3n) is 4.71. The average molecular weight is 386 g/mol. The van der Waals surface area contributed by atoms with Gasteiger partial charge < -0.3 is 4.90 Å². The van der Waals surface area contributed by atoms with Crippen molar-refractivity contribution in [2.45, 2.75) is 20.8 Å². The summed E-state index contributed by atoms with van der Waals surface area (Å²) in [6, 6.07) is 11.7. The number of carbonyl (C=O) groups excluding carboxylic acids is 1. The number of hydrogen-bond donors (Lipinski definition) is 0. The first-order valence-electron chi connectivity index (χ1n) is 9.19. The van der Waals surface area contributed by atoms with Gasteiger partial charge in [-0.2, -0.15) is 0 Å². The molecule has 0 spiro atoms. The first-order valence-corrected chi connectivity index (χ1v) is 10.0. The van der Waals surface area contributed by atoms with E-state index in [9.17, 15) is 9.18 Å². The summed E-state index contributed by atoms with van der Waals surface area (Å²) >= 11 is 1.51. The molecule has 0 unspecified atom stereocenters. The van der Waals surface area contributed by atoms with Gasteiger partial charge in [-0.1, -0.05) is 37.3 Å². The fourth-order valence-corrected chi connectivity index (χ4v) is 4.07. The second-order valence-corrected chi connectivity index (χ2v) is 7.42. The lowest BCUT2D eigenvalue weighted by Gasteiger charge is -2.24. The van der Waals surface area contributed by atoms with E-state index in [1.165, 1.54) is 35.6 Å². The lowest BCUT2D eigenvalue weighted by atomic mass is 10.2. The van der Waals surface area contributed by atoms with Gasteiger partial charge in [-0.15, -0.1) is 0 Å². The highest BCUT2D eigenvalue weighted by Crippen LogP contribution is 2.31. The number of hydrogen-bond acceptors (Lipinski definition) is 4. The molecule has 0 fully saturated rings. The van der Waals surface area contributed by atoms with Crippen molar-refractivity contribution in [1.82, 2.24) is 9.88 Å². The molecule has 0 radical (unpaired) electrons. The Morgan fingerprint density at radius 1 is 1.07 bits per heavy atom. The molecule has 2 aromatic carbocycles. The molecule has 0 saturated carbocycles. The first-order chi connectivity index (χ1) is 13.0. The summed E-state index contributed by atoms with van der Waals surface area (Å²) in [4.78, 5) is 21.9. The number of nitrogens with zero attached hydrogens (tertiary/aromatic N) is 3. The van der Waals surface area contributed by atoms with E-state index >= 15 is 0 Å². The van der Waals surface area contributed by atoms with E-state index in [4.69, 9.17) is 4.98 Å². The molecule has 0 aliphatic carbocycles. The molecule has 3 aromatic rings. The number of para-hydroxylation sites is 1. The van der Waals surface area contributed by atoms with Gasteiger partial charge in [-0.3, -0.25) is 9.69 Å². The quantitative estimate of drug-likeness (QED) is 0.590. The molecule has 1 aromatic heterocycles. The summed E-state index contributed by atoms with van der Waals surface area (Å²) < 4.78 is 14.3.